The van der Waals surface area contributed by atoms with E-state index in [1.54, 1.807) is 6.92 Å². The predicted octanol–water partition coefficient (Wildman–Crippen LogP) is 2.09. The highest BCUT2D eigenvalue weighted by Crippen LogP contribution is 2.27. The Morgan fingerprint density at radius 3 is 2.81 bits per heavy atom. The van der Waals surface area contributed by atoms with Gasteiger partial charge in [0.1, 0.15) is 0 Å². The maximum absolute atomic E-state index is 12.3. The van der Waals surface area contributed by atoms with Gasteiger partial charge in [-0.05, 0) is 31.9 Å². The molecule has 1 aromatic carbocycles. The van der Waals surface area contributed by atoms with Crippen LogP contribution in [0.25, 0.3) is 0 Å². The third-order valence-corrected chi connectivity index (χ3v) is 5.11. The number of rotatable bonds is 5. The molecule has 0 radical (unpaired) electrons. The van der Waals surface area contributed by atoms with Gasteiger partial charge in [-0.1, -0.05) is 11.6 Å². The third kappa shape index (κ3) is 3.70. The van der Waals surface area contributed by atoms with E-state index in [0.717, 1.165) is 25.0 Å². The lowest BCUT2D eigenvalue weighted by Crippen LogP contribution is -2.40. The Morgan fingerprint density at radius 2 is 2.24 bits per heavy atom. The molecule has 2 unspecified atom stereocenters. The molecular weight excluding hydrogens is 320 g/mol. The number of nitrogens with one attached hydrogen (secondary N) is 1. The van der Waals surface area contributed by atoms with Crippen molar-refractivity contribution < 1.29 is 18.1 Å². The number of ether oxygens (including phenoxy) is 1. The first-order chi connectivity index (χ1) is 9.81. The van der Waals surface area contributed by atoms with Gasteiger partial charge in [-0.3, -0.25) is 10.1 Å². The quantitative estimate of drug-likeness (QED) is 0.656. The van der Waals surface area contributed by atoms with E-state index in [0.29, 0.717) is 6.61 Å². The van der Waals surface area contributed by atoms with E-state index in [4.69, 9.17) is 16.3 Å². The molecule has 0 aromatic heterocycles. The van der Waals surface area contributed by atoms with E-state index in [2.05, 4.69) is 4.72 Å². The Balaban J connectivity index is 2.29. The summed E-state index contributed by atoms with van der Waals surface area (Å²) in [5.74, 6) is 0. The Hall–Kier alpha value is -1.22. The van der Waals surface area contributed by atoms with Crippen LogP contribution >= 0.6 is 11.6 Å². The maximum Gasteiger partial charge on any atom is 0.290 e. The lowest BCUT2D eigenvalue weighted by molar-refractivity contribution is -0.387. The van der Waals surface area contributed by atoms with Crippen molar-refractivity contribution in [2.75, 3.05) is 6.61 Å². The molecule has 1 saturated heterocycles. The third-order valence-electron chi connectivity index (χ3n) is 3.27. The number of benzene rings is 1. The molecule has 1 aliphatic heterocycles. The molecule has 0 spiro atoms. The van der Waals surface area contributed by atoms with E-state index < -0.39 is 31.6 Å². The summed E-state index contributed by atoms with van der Waals surface area (Å²) in [7, 11) is -4.02. The minimum absolute atomic E-state index is 0.104. The van der Waals surface area contributed by atoms with Gasteiger partial charge in [-0.2, -0.15) is 0 Å². The summed E-state index contributed by atoms with van der Waals surface area (Å²) in [6, 6.07) is 2.99. The molecule has 1 aromatic rings. The second kappa shape index (κ2) is 6.27. The van der Waals surface area contributed by atoms with E-state index in [-0.39, 0.29) is 11.1 Å². The Labute approximate surface area is 127 Å². The molecule has 116 valence electrons. The van der Waals surface area contributed by atoms with Crippen LogP contribution in [-0.4, -0.2) is 32.1 Å². The molecule has 1 fully saturated rings. The van der Waals surface area contributed by atoms with Crippen molar-refractivity contribution in [2.24, 2.45) is 0 Å². The lowest BCUT2D eigenvalue weighted by atomic mass is 10.1. The van der Waals surface area contributed by atoms with Crippen LogP contribution in [-0.2, 0) is 14.8 Å². The summed E-state index contributed by atoms with van der Waals surface area (Å²) in [4.78, 5) is 9.82. The number of nitrogens with zero attached hydrogens (tertiary/aromatic N) is 1. The average molecular weight is 335 g/mol. The predicted molar refractivity (Wildman–Crippen MR) is 76.9 cm³/mol. The molecule has 0 aliphatic carbocycles. The van der Waals surface area contributed by atoms with Gasteiger partial charge in [0.15, 0.2) is 4.90 Å². The molecule has 9 heteroatoms. The summed E-state index contributed by atoms with van der Waals surface area (Å²) in [6.45, 7) is 2.27. The van der Waals surface area contributed by atoms with Gasteiger partial charge in [0.25, 0.3) is 5.69 Å². The van der Waals surface area contributed by atoms with Crippen LogP contribution in [0.1, 0.15) is 19.8 Å². The van der Waals surface area contributed by atoms with Gasteiger partial charge in [-0.25, -0.2) is 13.1 Å². The summed E-state index contributed by atoms with van der Waals surface area (Å²) < 4.78 is 32.5. The highest BCUT2D eigenvalue weighted by atomic mass is 35.5. The fourth-order valence-electron chi connectivity index (χ4n) is 2.24. The van der Waals surface area contributed by atoms with Gasteiger partial charge in [0, 0.05) is 23.7 Å². The number of sulfonamides is 1. The van der Waals surface area contributed by atoms with E-state index in [1.165, 1.54) is 6.07 Å². The van der Waals surface area contributed by atoms with E-state index in [1.807, 2.05) is 0 Å². The highest BCUT2D eigenvalue weighted by molar-refractivity contribution is 7.89. The van der Waals surface area contributed by atoms with Gasteiger partial charge in [0.2, 0.25) is 10.0 Å². The van der Waals surface area contributed by atoms with Crippen molar-refractivity contribution in [3.8, 4) is 0 Å². The standard InChI is InChI=1S/C12H15ClN2O5S/c1-8(11-3-2-6-20-11)14-21(18,19)12-5-4-9(13)7-10(12)15(16)17/h4-5,7-8,11,14H,2-3,6H2,1H3. The van der Waals surface area contributed by atoms with Crippen molar-refractivity contribution in [3.05, 3.63) is 33.3 Å². The number of hydrogen-bond acceptors (Lipinski definition) is 5. The molecule has 0 amide bonds. The van der Waals surface area contributed by atoms with Crippen LogP contribution in [0.5, 0.6) is 0 Å². The first-order valence-corrected chi connectivity index (χ1v) is 8.25. The molecule has 1 N–H and O–H groups in total. The smallest absolute Gasteiger partial charge is 0.290 e. The molecule has 1 aliphatic rings. The molecule has 21 heavy (non-hydrogen) atoms. The maximum atomic E-state index is 12.3. The molecule has 2 atom stereocenters. The first kappa shape index (κ1) is 16.2. The molecule has 0 saturated carbocycles. The zero-order chi connectivity index (χ0) is 15.6. The minimum Gasteiger partial charge on any atom is -0.377 e. The van der Waals surface area contributed by atoms with Crippen molar-refractivity contribution in [1.82, 2.24) is 4.72 Å². The molecule has 1 heterocycles. The molecule has 2 rings (SSSR count). The molecule has 7 nitrogen and oxygen atoms in total. The normalized spacial score (nSPS) is 20.4. The fourth-order valence-corrected chi connectivity index (χ4v) is 3.83. The van der Waals surface area contributed by atoms with Gasteiger partial charge in [0.05, 0.1) is 11.0 Å². The first-order valence-electron chi connectivity index (χ1n) is 6.39. The second-order valence-electron chi connectivity index (χ2n) is 4.83. The average Bonchev–Trinajstić information content (AvgIpc) is 2.91. The van der Waals surface area contributed by atoms with Crippen LogP contribution in [0.15, 0.2) is 23.1 Å². The van der Waals surface area contributed by atoms with Crippen molar-refractivity contribution >= 4 is 27.3 Å². The number of nitro benzene ring substituents is 1. The molecular formula is C12H15ClN2O5S. The Kier molecular flexibility index (Phi) is 4.82. The summed E-state index contributed by atoms with van der Waals surface area (Å²) >= 11 is 5.68. The molecule has 0 bridgehead atoms. The number of hydrogen-bond donors (Lipinski definition) is 1. The Morgan fingerprint density at radius 1 is 1.52 bits per heavy atom. The largest absolute Gasteiger partial charge is 0.377 e. The number of nitro groups is 1. The lowest BCUT2D eigenvalue weighted by Gasteiger charge is -2.19. The second-order valence-corrected chi connectivity index (χ2v) is 6.95. The van der Waals surface area contributed by atoms with Crippen molar-refractivity contribution in [2.45, 2.75) is 36.8 Å². The van der Waals surface area contributed by atoms with Crippen molar-refractivity contribution in [1.29, 1.82) is 0 Å². The van der Waals surface area contributed by atoms with E-state index >= 15 is 0 Å². The summed E-state index contributed by atoms with van der Waals surface area (Å²) in [5.41, 5.74) is -0.547. The topological polar surface area (TPSA) is 98.5 Å². The van der Waals surface area contributed by atoms with Gasteiger partial charge >= 0.3 is 0 Å². The van der Waals surface area contributed by atoms with Crippen LogP contribution in [0, 0.1) is 10.1 Å². The zero-order valence-electron chi connectivity index (χ0n) is 11.3. The minimum atomic E-state index is -4.02. The summed E-state index contributed by atoms with van der Waals surface area (Å²) in [5, 5.41) is 11.1. The number of halogens is 1. The highest BCUT2D eigenvalue weighted by Gasteiger charge is 2.31. The van der Waals surface area contributed by atoms with Crippen LogP contribution in [0.4, 0.5) is 5.69 Å². The van der Waals surface area contributed by atoms with Gasteiger partial charge in [-0.15, -0.1) is 0 Å². The fraction of sp³-hybridized carbons (Fsp3) is 0.500. The zero-order valence-corrected chi connectivity index (χ0v) is 12.9. The SMILES string of the molecule is CC(NS(=O)(=O)c1ccc(Cl)cc1[N+](=O)[O-])C1CCCO1. The Bertz CT molecular complexity index is 643. The van der Waals surface area contributed by atoms with Crippen LogP contribution in [0.2, 0.25) is 5.02 Å². The monoisotopic (exact) mass is 334 g/mol. The van der Waals surface area contributed by atoms with E-state index in [9.17, 15) is 18.5 Å². The summed E-state index contributed by atoms with van der Waals surface area (Å²) in [6.07, 6.45) is 1.41. The van der Waals surface area contributed by atoms with Crippen molar-refractivity contribution in [3.63, 3.8) is 0 Å². The van der Waals surface area contributed by atoms with Crippen LogP contribution < -0.4 is 4.72 Å². The van der Waals surface area contributed by atoms with Gasteiger partial charge < -0.3 is 4.74 Å². The van der Waals surface area contributed by atoms with Crippen LogP contribution in [0.3, 0.4) is 0 Å².